The van der Waals surface area contributed by atoms with Crippen molar-refractivity contribution in [3.05, 3.63) is 35.9 Å². The summed E-state index contributed by atoms with van der Waals surface area (Å²) in [5, 5.41) is 13.1. The third-order valence-corrected chi connectivity index (χ3v) is 4.74. The molecule has 1 amide bonds. The number of rotatable bonds is 4. The second-order valence-electron chi connectivity index (χ2n) is 7.10. The van der Waals surface area contributed by atoms with Crippen LogP contribution in [0.25, 0.3) is 0 Å². The molecule has 4 heteroatoms. The molecule has 0 bridgehead atoms. The van der Waals surface area contributed by atoms with Gasteiger partial charge in [-0.1, -0.05) is 30.3 Å². The maximum absolute atomic E-state index is 11.8. The SMILES string of the molecule is CC(C)(C)[N+]1(C(=O)O)CC[C@@H](CNCc2ccccc2)C1. The highest BCUT2D eigenvalue weighted by Gasteiger charge is 2.52. The number of nitrogens with one attached hydrogen (secondary N) is 1. The molecule has 1 saturated heterocycles. The number of likely N-dealkylation sites (tertiary alicyclic amines) is 1. The van der Waals surface area contributed by atoms with E-state index < -0.39 is 6.09 Å². The third kappa shape index (κ3) is 3.44. The molecule has 1 heterocycles. The molecule has 116 valence electrons. The fourth-order valence-corrected chi connectivity index (χ4v) is 3.28. The van der Waals surface area contributed by atoms with E-state index in [4.69, 9.17) is 0 Å². The van der Waals surface area contributed by atoms with Gasteiger partial charge < -0.3 is 10.4 Å². The number of carbonyl (C=O) groups is 1. The van der Waals surface area contributed by atoms with E-state index in [1.165, 1.54) is 5.56 Å². The summed E-state index contributed by atoms with van der Waals surface area (Å²) in [6.07, 6.45) is 0.291. The van der Waals surface area contributed by atoms with Crippen molar-refractivity contribution in [3.8, 4) is 0 Å². The summed E-state index contributed by atoms with van der Waals surface area (Å²) in [6.45, 7) is 9.28. The highest BCUT2D eigenvalue weighted by Crippen LogP contribution is 2.34. The molecule has 0 saturated carbocycles. The van der Waals surface area contributed by atoms with Crippen molar-refractivity contribution >= 4 is 6.09 Å². The minimum atomic E-state index is -0.687. The van der Waals surface area contributed by atoms with Crippen LogP contribution in [0.1, 0.15) is 32.8 Å². The van der Waals surface area contributed by atoms with Crippen LogP contribution in [0.5, 0.6) is 0 Å². The number of benzene rings is 1. The Kier molecular flexibility index (Phi) is 4.69. The van der Waals surface area contributed by atoms with E-state index in [0.29, 0.717) is 5.92 Å². The molecular weight excluding hydrogens is 264 g/mol. The van der Waals surface area contributed by atoms with E-state index in [1.807, 2.05) is 39.0 Å². The van der Waals surface area contributed by atoms with Gasteiger partial charge in [0.25, 0.3) is 0 Å². The molecule has 1 aromatic rings. The van der Waals surface area contributed by atoms with E-state index in [-0.39, 0.29) is 10.0 Å². The lowest BCUT2D eigenvalue weighted by molar-refractivity contribution is -0.893. The first kappa shape index (κ1) is 16.0. The normalized spacial score (nSPS) is 26.0. The van der Waals surface area contributed by atoms with Crippen LogP contribution in [0.3, 0.4) is 0 Å². The summed E-state index contributed by atoms with van der Waals surface area (Å²) < 4.78 is 0.185. The quantitative estimate of drug-likeness (QED) is 0.838. The Labute approximate surface area is 127 Å². The fraction of sp³-hybridized carbons (Fsp3) is 0.588. The Hall–Kier alpha value is -1.39. The molecule has 1 aromatic carbocycles. The zero-order chi connectivity index (χ0) is 15.5. The van der Waals surface area contributed by atoms with Gasteiger partial charge in [-0.25, -0.2) is 4.48 Å². The lowest BCUT2D eigenvalue weighted by Gasteiger charge is -2.40. The highest BCUT2D eigenvalue weighted by atomic mass is 16.4. The number of hydrogen-bond donors (Lipinski definition) is 2. The fourth-order valence-electron chi connectivity index (χ4n) is 3.28. The van der Waals surface area contributed by atoms with Crippen LogP contribution >= 0.6 is 0 Å². The van der Waals surface area contributed by atoms with Crippen LogP contribution in [0.2, 0.25) is 0 Å². The van der Waals surface area contributed by atoms with Crippen LogP contribution in [0, 0.1) is 5.92 Å². The van der Waals surface area contributed by atoms with Crippen molar-refractivity contribution in [2.45, 2.75) is 39.3 Å². The molecule has 0 spiro atoms. The summed E-state index contributed by atoms with van der Waals surface area (Å²) in [5.74, 6) is 0.434. The molecular formula is C17H27N2O2+. The molecule has 2 atom stereocenters. The van der Waals surface area contributed by atoms with Gasteiger partial charge in [-0.15, -0.1) is 0 Å². The van der Waals surface area contributed by atoms with Gasteiger partial charge in [0, 0.05) is 25.4 Å². The first-order valence-corrected chi connectivity index (χ1v) is 7.70. The van der Waals surface area contributed by atoms with Gasteiger partial charge in [-0.05, 0) is 26.3 Å². The molecule has 1 unspecified atom stereocenters. The maximum atomic E-state index is 11.8. The average molecular weight is 291 g/mol. The van der Waals surface area contributed by atoms with Gasteiger partial charge in [-0.2, -0.15) is 4.79 Å². The van der Waals surface area contributed by atoms with E-state index >= 15 is 0 Å². The minimum absolute atomic E-state index is 0.185. The Balaban J connectivity index is 1.89. The Morgan fingerprint density at radius 3 is 2.52 bits per heavy atom. The van der Waals surface area contributed by atoms with Crippen molar-refractivity contribution in [2.75, 3.05) is 19.6 Å². The number of amides is 1. The molecule has 2 N–H and O–H groups in total. The van der Waals surface area contributed by atoms with Gasteiger partial charge in [-0.3, -0.25) is 0 Å². The first-order chi connectivity index (χ1) is 9.85. The Morgan fingerprint density at radius 2 is 2.00 bits per heavy atom. The monoisotopic (exact) mass is 291 g/mol. The smallest absolute Gasteiger partial charge is 0.435 e. The van der Waals surface area contributed by atoms with Crippen molar-refractivity contribution in [3.63, 3.8) is 0 Å². The number of quaternary nitrogens is 1. The zero-order valence-electron chi connectivity index (χ0n) is 13.3. The van der Waals surface area contributed by atoms with Crippen molar-refractivity contribution < 1.29 is 14.4 Å². The largest absolute Gasteiger partial charge is 0.513 e. The molecule has 4 nitrogen and oxygen atoms in total. The van der Waals surface area contributed by atoms with Crippen molar-refractivity contribution in [1.82, 2.24) is 5.32 Å². The van der Waals surface area contributed by atoms with Crippen LogP contribution in [0.4, 0.5) is 4.79 Å². The standard InChI is InChI=1S/C17H26N2O2/c1-17(2,3)19(16(20)21)10-9-15(13-19)12-18-11-14-7-5-4-6-8-14/h4-8,15,18H,9-13H2,1-3H3/p+1/t15-,19?/m0/s1. The van der Waals surface area contributed by atoms with E-state index in [2.05, 4.69) is 17.4 Å². The lowest BCUT2D eigenvalue weighted by atomic mass is 10.0. The first-order valence-electron chi connectivity index (χ1n) is 7.70. The Morgan fingerprint density at radius 1 is 1.33 bits per heavy atom. The van der Waals surface area contributed by atoms with Gasteiger partial charge in [0.05, 0.1) is 13.1 Å². The molecule has 0 radical (unpaired) electrons. The van der Waals surface area contributed by atoms with Gasteiger partial charge in [0.2, 0.25) is 0 Å². The van der Waals surface area contributed by atoms with E-state index in [1.54, 1.807) is 0 Å². The second kappa shape index (κ2) is 6.16. The molecule has 1 fully saturated rings. The predicted octanol–water partition coefficient (Wildman–Crippen LogP) is 3.09. The average Bonchev–Trinajstić information content (AvgIpc) is 2.85. The van der Waals surface area contributed by atoms with Gasteiger partial charge >= 0.3 is 6.09 Å². The van der Waals surface area contributed by atoms with Gasteiger partial charge in [0.1, 0.15) is 5.54 Å². The van der Waals surface area contributed by atoms with Crippen LogP contribution in [-0.2, 0) is 6.54 Å². The number of nitrogens with zero attached hydrogens (tertiary/aromatic N) is 1. The molecule has 2 rings (SSSR count). The van der Waals surface area contributed by atoms with E-state index in [9.17, 15) is 9.90 Å². The third-order valence-electron chi connectivity index (χ3n) is 4.74. The minimum Gasteiger partial charge on any atom is -0.435 e. The second-order valence-corrected chi connectivity index (χ2v) is 7.10. The molecule has 1 aliphatic rings. The number of hydrogen-bond acceptors (Lipinski definition) is 2. The van der Waals surface area contributed by atoms with Gasteiger partial charge in [0.15, 0.2) is 0 Å². The summed E-state index contributed by atoms with van der Waals surface area (Å²) in [4.78, 5) is 11.8. The van der Waals surface area contributed by atoms with Crippen LogP contribution < -0.4 is 5.32 Å². The molecule has 0 aliphatic carbocycles. The topological polar surface area (TPSA) is 49.3 Å². The summed E-state index contributed by atoms with van der Waals surface area (Å²) >= 11 is 0. The summed E-state index contributed by atoms with van der Waals surface area (Å²) in [7, 11) is 0. The number of carboxylic acid groups (broad SMARTS) is 1. The summed E-state index contributed by atoms with van der Waals surface area (Å²) in [5.41, 5.74) is 1.02. The zero-order valence-corrected chi connectivity index (χ0v) is 13.3. The highest BCUT2D eigenvalue weighted by molar-refractivity contribution is 5.57. The van der Waals surface area contributed by atoms with Crippen molar-refractivity contribution in [1.29, 1.82) is 0 Å². The van der Waals surface area contributed by atoms with Crippen LogP contribution in [0.15, 0.2) is 30.3 Å². The Bertz CT molecular complexity index is 481. The molecule has 1 aliphatic heterocycles. The molecule has 0 aromatic heterocycles. The van der Waals surface area contributed by atoms with Crippen molar-refractivity contribution in [2.24, 2.45) is 5.92 Å². The van der Waals surface area contributed by atoms with Crippen LogP contribution in [-0.4, -0.2) is 40.9 Å². The summed E-state index contributed by atoms with van der Waals surface area (Å²) in [6, 6.07) is 10.3. The predicted molar refractivity (Wildman–Crippen MR) is 84.0 cm³/mol. The van der Waals surface area contributed by atoms with E-state index in [0.717, 1.165) is 32.6 Å². The molecule has 21 heavy (non-hydrogen) atoms. The lowest BCUT2D eigenvalue weighted by Crippen LogP contribution is -2.62. The maximum Gasteiger partial charge on any atom is 0.513 e.